The zero-order valence-corrected chi connectivity index (χ0v) is 15.9. The third-order valence-electron chi connectivity index (χ3n) is 5.06. The van der Waals surface area contributed by atoms with Crippen LogP contribution < -0.4 is 5.32 Å². The fraction of sp³-hybridized carbons (Fsp3) is 0.333. The number of nitrogens with zero attached hydrogens (tertiary/aromatic N) is 2. The summed E-state index contributed by atoms with van der Waals surface area (Å²) >= 11 is 1.57. The van der Waals surface area contributed by atoms with E-state index < -0.39 is 10.0 Å². The molecule has 1 N–H and O–H groups in total. The Morgan fingerprint density at radius 1 is 1.31 bits per heavy atom. The molecule has 2 unspecified atom stereocenters. The van der Waals surface area contributed by atoms with E-state index in [2.05, 4.69) is 16.9 Å². The molecule has 0 radical (unpaired) electrons. The zero-order valence-electron chi connectivity index (χ0n) is 14.3. The maximum Gasteiger partial charge on any atom is 0.243 e. The van der Waals surface area contributed by atoms with Gasteiger partial charge in [0.15, 0.2) is 0 Å². The second-order valence-corrected chi connectivity index (χ2v) is 9.66. The summed E-state index contributed by atoms with van der Waals surface area (Å²) in [6, 6.07) is 6.94. The number of carbonyl (C=O) groups is 1. The summed E-state index contributed by atoms with van der Waals surface area (Å²) in [6.07, 6.45) is 1.24. The van der Waals surface area contributed by atoms with Crippen molar-refractivity contribution in [1.29, 1.82) is 0 Å². The van der Waals surface area contributed by atoms with E-state index in [1.807, 2.05) is 12.3 Å². The lowest BCUT2D eigenvalue weighted by Gasteiger charge is -2.20. The highest BCUT2D eigenvalue weighted by Crippen LogP contribution is 2.47. The Kier molecular flexibility index (Phi) is 4.21. The summed E-state index contributed by atoms with van der Waals surface area (Å²) in [7, 11) is -3.51. The molecule has 2 fully saturated rings. The Labute approximate surface area is 156 Å². The molecule has 2 atom stereocenters. The first-order chi connectivity index (χ1) is 12.4. The first-order valence-electron chi connectivity index (χ1n) is 8.36. The highest BCUT2D eigenvalue weighted by molar-refractivity contribution is 7.89. The third-order valence-corrected chi connectivity index (χ3v) is 7.68. The molecule has 6 nitrogen and oxygen atoms in total. The molecule has 1 saturated heterocycles. The van der Waals surface area contributed by atoms with Crippen LogP contribution in [0.3, 0.4) is 0 Å². The van der Waals surface area contributed by atoms with Crippen LogP contribution in [0.4, 0.5) is 0 Å². The smallest absolute Gasteiger partial charge is 0.243 e. The zero-order chi connectivity index (χ0) is 18.5. The van der Waals surface area contributed by atoms with Gasteiger partial charge in [0.25, 0.3) is 0 Å². The predicted octanol–water partition coefficient (Wildman–Crippen LogP) is 2.04. The molecule has 4 rings (SSSR count). The van der Waals surface area contributed by atoms with Gasteiger partial charge in [0.2, 0.25) is 15.9 Å². The molecule has 1 aliphatic heterocycles. The molecule has 1 aromatic carbocycles. The van der Waals surface area contributed by atoms with E-state index in [9.17, 15) is 13.2 Å². The van der Waals surface area contributed by atoms with E-state index in [1.165, 1.54) is 10.4 Å². The molecule has 0 spiro atoms. The van der Waals surface area contributed by atoms with Crippen molar-refractivity contribution in [3.63, 3.8) is 0 Å². The molecule has 2 aliphatic rings. The molecule has 1 saturated carbocycles. The van der Waals surface area contributed by atoms with Crippen LogP contribution in [0.5, 0.6) is 0 Å². The number of benzene rings is 1. The molecular formula is C18H19N3O3S2. The number of amides is 1. The molecule has 1 amide bonds. The van der Waals surface area contributed by atoms with Crippen LogP contribution in [0.1, 0.15) is 5.01 Å². The van der Waals surface area contributed by atoms with Gasteiger partial charge in [0.05, 0.1) is 15.6 Å². The van der Waals surface area contributed by atoms with E-state index in [0.29, 0.717) is 18.0 Å². The molecule has 2 aromatic rings. The lowest BCUT2D eigenvalue weighted by Crippen LogP contribution is -2.36. The highest BCUT2D eigenvalue weighted by Gasteiger charge is 2.58. The maximum absolute atomic E-state index is 12.8. The first-order valence-corrected chi connectivity index (χ1v) is 10.7. The van der Waals surface area contributed by atoms with Gasteiger partial charge in [-0.05, 0) is 37.0 Å². The summed E-state index contributed by atoms with van der Waals surface area (Å²) in [4.78, 5) is 16.1. The van der Waals surface area contributed by atoms with Crippen LogP contribution >= 0.6 is 11.3 Å². The van der Waals surface area contributed by atoms with Crippen LogP contribution in [-0.4, -0.2) is 42.7 Å². The van der Waals surface area contributed by atoms with Crippen LogP contribution in [0.2, 0.25) is 0 Å². The van der Waals surface area contributed by atoms with Gasteiger partial charge in [0.1, 0.15) is 0 Å². The Balaban J connectivity index is 1.45. The van der Waals surface area contributed by atoms with E-state index in [-0.39, 0.29) is 23.8 Å². The molecule has 26 heavy (non-hydrogen) atoms. The van der Waals surface area contributed by atoms with Crippen molar-refractivity contribution in [2.75, 3.05) is 13.1 Å². The van der Waals surface area contributed by atoms with Crippen molar-refractivity contribution in [2.24, 2.45) is 11.8 Å². The minimum absolute atomic E-state index is 0.0715. The number of aromatic nitrogens is 1. The van der Waals surface area contributed by atoms with E-state index in [4.69, 9.17) is 0 Å². The van der Waals surface area contributed by atoms with Crippen molar-refractivity contribution in [3.05, 3.63) is 47.3 Å². The van der Waals surface area contributed by atoms with Gasteiger partial charge in [-0.2, -0.15) is 4.31 Å². The molecule has 1 aliphatic carbocycles. The van der Waals surface area contributed by atoms with Crippen molar-refractivity contribution in [2.45, 2.75) is 17.9 Å². The second kappa shape index (κ2) is 6.29. The number of carbonyl (C=O) groups excluding carboxylic acids is 1. The number of nitrogens with one attached hydrogen (secondary N) is 1. The number of rotatable bonds is 5. The number of hydrogen-bond acceptors (Lipinski definition) is 5. The minimum Gasteiger partial charge on any atom is -0.349 e. The Morgan fingerprint density at radius 3 is 2.50 bits per heavy atom. The molecular weight excluding hydrogens is 370 g/mol. The normalized spacial score (nSPS) is 24.9. The SMILES string of the molecule is C=CC(=O)NC1C2CN(S(=O)(=O)c3ccc(-c4csc(C)n4)cc3)CC21. The first kappa shape index (κ1) is 17.4. The van der Waals surface area contributed by atoms with Gasteiger partial charge in [-0.25, -0.2) is 13.4 Å². The second-order valence-electron chi connectivity index (χ2n) is 6.66. The van der Waals surface area contributed by atoms with E-state index in [0.717, 1.165) is 16.3 Å². The quantitative estimate of drug-likeness (QED) is 0.794. The third kappa shape index (κ3) is 2.98. The number of fused-ring (bicyclic) bond motifs is 1. The molecule has 1 aromatic heterocycles. The number of aryl methyl sites for hydroxylation is 1. The monoisotopic (exact) mass is 389 g/mol. The van der Waals surface area contributed by atoms with Crippen LogP contribution in [-0.2, 0) is 14.8 Å². The van der Waals surface area contributed by atoms with Crippen molar-refractivity contribution in [1.82, 2.24) is 14.6 Å². The predicted molar refractivity (Wildman–Crippen MR) is 100 cm³/mol. The lowest BCUT2D eigenvalue weighted by molar-refractivity contribution is -0.116. The number of sulfonamides is 1. The maximum atomic E-state index is 12.8. The average Bonchev–Trinajstić information content (AvgIpc) is 3.00. The summed E-state index contributed by atoms with van der Waals surface area (Å²) in [5.74, 6) is 0.198. The molecule has 2 heterocycles. The Hall–Kier alpha value is -2.03. The van der Waals surface area contributed by atoms with Crippen molar-refractivity contribution in [3.8, 4) is 11.3 Å². The largest absolute Gasteiger partial charge is 0.349 e. The Bertz CT molecular complexity index is 954. The number of thiazole rings is 1. The van der Waals surface area contributed by atoms with Crippen LogP contribution in [0.15, 0.2) is 47.2 Å². The van der Waals surface area contributed by atoms with Gasteiger partial charge in [-0.15, -0.1) is 11.3 Å². The molecule has 0 bridgehead atoms. The van der Waals surface area contributed by atoms with E-state index >= 15 is 0 Å². The van der Waals surface area contributed by atoms with Crippen molar-refractivity contribution < 1.29 is 13.2 Å². The fourth-order valence-electron chi connectivity index (χ4n) is 3.56. The van der Waals surface area contributed by atoms with Gasteiger partial charge >= 0.3 is 0 Å². The van der Waals surface area contributed by atoms with Crippen LogP contribution in [0, 0.1) is 18.8 Å². The van der Waals surface area contributed by atoms with Gasteiger partial charge in [-0.1, -0.05) is 18.7 Å². The number of hydrogen-bond donors (Lipinski definition) is 1. The van der Waals surface area contributed by atoms with Gasteiger partial charge < -0.3 is 5.32 Å². The molecule has 8 heteroatoms. The highest BCUT2D eigenvalue weighted by atomic mass is 32.2. The van der Waals surface area contributed by atoms with Crippen LogP contribution in [0.25, 0.3) is 11.3 Å². The van der Waals surface area contributed by atoms with E-state index in [1.54, 1.807) is 35.6 Å². The van der Waals surface area contributed by atoms with Crippen molar-refractivity contribution >= 4 is 27.3 Å². The average molecular weight is 390 g/mol. The summed E-state index contributed by atoms with van der Waals surface area (Å²) in [5, 5.41) is 5.80. The fourth-order valence-corrected chi connectivity index (χ4v) is 5.70. The molecule has 136 valence electrons. The Morgan fingerprint density at radius 2 is 1.96 bits per heavy atom. The summed E-state index contributed by atoms with van der Waals surface area (Å²) in [6.45, 7) is 6.27. The standard InChI is InChI=1S/C18H19N3O3S2/c1-3-17(22)20-18-14-8-21(9-15(14)18)26(23,24)13-6-4-12(5-7-13)16-10-25-11(2)19-16/h3-7,10,14-15,18H,1,8-9H2,2H3,(H,20,22). The van der Waals surface area contributed by atoms with Gasteiger partial charge in [0, 0.05) is 30.1 Å². The lowest BCUT2D eigenvalue weighted by atomic mass is 10.2. The van der Waals surface area contributed by atoms with Gasteiger partial charge in [-0.3, -0.25) is 4.79 Å². The number of piperidine rings is 1. The topological polar surface area (TPSA) is 79.4 Å². The summed E-state index contributed by atoms with van der Waals surface area (Å²) < 4.78 is 27.2. The summed E-state index contributed by atoms with van der Waals surface area (Å²) in [5.41, 5.74) is 1.77. The minimum atomic E-state index is -3.51.